The summed E-state index contributed by atoms with van der Waals surface area (Å²) < 4.78 is 6.64. The van der Waals surface area contributed by atoms with Crippen molar-refractivity contribution < 1.29 is 9.53 Å². The summed E-state index contributed by atoms with van der Waals surface area (Å²) in [5, 5.41) is 4.27. The zero-order chi connectivity index (χ0) is 29.1. The molecule has 4 aromatic rings. The molecule has 222 valence electrons. The number of nitrogens with zero attached hydrogens (tertiary/aromatic N) is 7. The first-order chi connectivity index (χ1) is 20.9. The molecule has 1 amide bonds. The third kappa shape index (κ3) is 4.93. The molecule has 3 aromatic heterocycles. The van der Waals surface area contributed by atoms with E-state index in [1.165, 1.54) is 6.42 Å². The van der Waals surface area contributed by atoms with Crippen molar-refractivity contribution in [1.82, 2.24) is 29.7 Å². The number of likely N-dealkylation sites (N-methyl/N-ethyl adjacent to an activating group) is 1. The van der Waals surface area contributed by atoms with Crippen LogP contribution in [0.2, 0.25) is 0 Å². The second kappa shape index (κ2) is 10.5. The minimum atomic E-state index is 0.0869. The second-order valence-electron chi connectivity index (χ2n) is 12.5. The molecule has 0 radical (unpaired) electrons. The minimum Gasteiger partial charge on any atom is -0.381 e. The fourth-order valence-corrected chi connectivity index (χ4v) is 8.24. The van der Waals surface area contributed by atoms with Crippen LogP contribution in [0.15, 0.2) is 42.6 Å². The summed E-state index contributed by atoms with van der Waals surface area (Å²) in [6, 6.07) is 12.8. The van der Waals surface area contributed by atoms with Gasteiger partial charge in [-0.3, -0.25) is 9.69 Å². The summed E-state index contributed by atoms with van der Waals surface area (Å²) in [4.78, 5) is 39.5. The number of fused-ring (bicyclic) bond motifs is 3. The third-order valence-electron chi connectivity index (χ3n) is 9.66. The minimum absolute atomic E-state index is 0.0869. The standard InChI is InChI=1S/C32H36N8O2S/c1-3-38-16-24-13-23(38)17-40(24)31-34-20(2)11-28(37-31)36-27-14-25-26(15-33-27)43-29(35-25)21-5-4-6-22(12-21)30(41)39-9-7-32(18-39)8-10-42-19-32/h4-6,11-12,14-15,23-24H,3,7-10,13,16-19H2,1-2H3,(H,33,34,36,37)/t23-,24-,32?/m0/s1. The van der Waals surface area contributed by atoms with Crippen LogP contribution in [0.1, 0.15) is 42.2 Å². The van der Waals surface area contributed by atoms with Gasteiger partial charge < -0.3 is 19.9 Å². The maximum Gasteiger partial charge on any atom is 0.253 e. The second-order valence-corrected chi connectivity index (χ2v) is 13.5. The van der Waals surface area contributed by atoms with Crippen molar-refractivity contribution in [1.29, 1.82) is 0 Å². The number of likely N-dealkylation sites (tertiary alicyclic amines) is 2. The van der Waals surface area contributed by atoms with Gasteiger partial charge in [0, 0.05) is 85.4 Å². The molecule has 43 heavy (non-hydrogen) atoms. The van der Waals surface area contributed by atoms with E-state index in [0.717, 1.165) is 97.0 Å². The maximum absolute atomic E-state index is 13.4. The molecule has 4 saturated heterocycles. The van der Waals surface area contributed by atoms with Crippen molar-refractivity contribution in [2.24, 2.45) is 5.41 Å². The van der Waals surface area contributed by atoms with E-state index >= 15 is 0 Å². The normalized spacial score (nSPS) is 25.1. The number of thiazole rings is 1. The molecule has 11 heteroatoms. The predicted octanol–water partition coefficient (Wildman–Crippen LogP) is 4.74. The lowest BCUT2D eigenvalue weighted by atomic mass is 9.87. The van der Waals surface area contributed by atoms with Gasteiger partial charge in [0.1, 0.15) is 16.6 Å². The number of carbonyl (C=O) groups excluding carboxylic acids is 1. The fourth-order valence-electron chi connectivity index (χ4n) is 7.33. The number of anilines is 3. The van der Waals surface area contributed by atoms with Crippen molar-refractivity contribution >= 4 is 45.0 Å². The maximum atomic E-state index is 13.4. The number of hydrogen-bond acceptors (Lipinski definition) is 10. The first-order valence-corrected chi connectivity index (χ1v) is 16.1. The summed E-state index contributed by atoms with van der Waals surface area (Å²) in [5.74, 6) is 2.30. The van der Waals surface area contributed by atoms with Gasteiger partial charge in [-0.25, -0.2) is 15.0 Å². The van der Waals surface area contributed by atoms with E-state index in [2.05, 4.69) is 27.0 Å². The van der Waals surface area contributed by atoms with Gasteiger partial charge >= 0.3 is 0 Å². The van der Waals surface area contributed by atoms with Crippen LogP contribution in [0.3, 0.4) is 0 Å². The Morgan fingerprint density at radius 2 is 2.05 bits per heavy atom. The predicted molar refractivity (Wildman–Crippen MR) is 168 cm³/mol. The molecule has 8 rings (SSSR count). The Morgan fingerprint density at radius 3 is 2.86 bits per heavy atom. The third-order valence-corrected chi connectivity index (χ3v) is 10.7. The van der Waals surface area contributed by atoms with Crippen molar-refractivity contribution in [2.75, 3.05) is 56.2 Å². The number of carbonyl (C=O) groups is 1. The smallest absolute Gasteiger partial charge is 0.253 e. The number of aryl methyl sites for hydroxylation is 1. The van der Waals surface area contributed by atoms with Crippen LogP contribution in [-0.4, -0.2) is 93.7 Å². The Hall–Kier alpha value is -3.67. The molecule has 7 heterocycles. The summed E-state index contributed by atoms with van der Waals surface area (Å²) in [5.41, 5.74) is 3.58. The van der Waals surface area contributed by atoms with Crippen LogP contribution >= 0.6 is 11.3 Å². The van der Waals surface area contributed by atoms with E-state index in [4.69, 9.17) is 19.7 Å². The van der Waals surface area contributed by atoms with Gasteiger partial charge in [-0.1, -0.05) is 19.1 Å². The molecule has 1 spiro atoms. The fraction of sp³-hybridized carbons (Fsp3) is 0.469. The molecule has 10 nitrogen and oxygen atoms in total. The van der Waals surface area contributed by atoms with Crippen LogP contribution in [0, 0.1) is 12.3 Å². The molecular weight excluding hydrogens is 560 g/mol. The highest BCUT2D eigenvalue weighted by Gasteiger charge is 2.44. The largest absolute Gasteiger partial charge is 0.381 e. The van der Waals surface area contributed by atoms with Gasteiger partial charge in [0.05, 0.1) is 16.8 Å². The number of ether oxygens (including phenoxy) is 1. The topological polar surface area (TPSA) is 99.6 Å². The number of nitrogens with one attached hydrogen (secondary N) is 1. The van der Waals surface area contributed by atoms with Crippen LogP contribution in [0.25, 0.3) is 20.8 Å². The molecule has 4 aliphatic rings. The van der Waals surface area contributed by atoms with E-state index < -0.39 is 0 Å². The summed E-state index contributed by atoms with van der Waals surface area (Å²) in [7, 11) is 0. The van der Waals surface area contributed by atoms with Crippen molar-refractivity contribution in [2.45, 2.75) is 45.2 Å². The molecule has 3 atom stereocenters. The molecule has 0 aliphatic carbocycles. The van der Waals surface area contributed by atoms with Crippen molar-refractivity contribution in [3.8, 4) is 10.6 Å². The van der Waals surface area contributed by atoms with Gasteiger partial charge in [-0.2, -0.15) is 4.98 Å². The molecule has 1 N–H and O–H groups in total. The summed E-state index contributed by atoms with van der Waals surface area (Å²) >= 11 is 1.58. The number of pyridine rings is 1. The van der Waals surface area contributed by atoms with E-state index in [0.29, 0.717) is 23.5 Å². The average molecular weight is 597 g/mol. The van der Waals surface area contributed by atoms with Gasteiger partial charge in [-0.05, 0) is 44.9 Å². The Kier molecular flexibility index (Phi) is 6.57. The Bertz CT molecular complexity index is 1700. The lowest BCUT2D eigenvalue weighted by Gasteiger charge is -2.33. The average Bonchev–Trinajstić information content (AvgIpc) is 3.86. The number of piperazine rings is 1. The van der Waals surface area contributed by atoms with Gasteiger partial charge in [0.2, 0.25) is 5.95 Å². The Morgan fingerprint density at radius 1 is 1.12 bits per heavy atom. The van der Waals surface area contributed by atoms with E-state index in [9.17, 15) is 4.79 Å². The number of aromatic nitrogens is 4. The number of benzene rings is 1. The van der Waals surface area contributed by atoms with Crippen LogP contribution in [-0.2, 0) is 4.74 Å². The Labute approximate surface area is 255 Å². The monoisotopic (exact) mass is 596 g/mol. The van der Waals surface area contributed by atoms with Crippen LogP contribution in [0.4, 0.5) is 17.6 Å². The number of amides is 1. The van der Waals surface area contributed by atoms with Gasteiger partial charge in [0.15, 0.2) is 0 Å². The first-order valence-electron chi connectivity index (χ1n) is 15.3. The van der Waals surface area contributed by atoms with E-state index in [1.54, 1.807) is 11.3 Å². The zero-order valence-electron chi connectivity index (χ0n) is 24.6. The zero-order valence-corrected chi connectivity index (χ0v) is 25.4. The van der Waals surface area contributed by atoms with Gasteiger partial charge in [0.25, 0.3) is 5.91 Å². The molecule has 1 aromatic carbocycles. The lowest BCUT2D eigenvalue weighted by Crippen LogP contribution is -2.46. The van der Waals surface area contributed by atoms with Gasteiger partial charge in [-0.15, -0.1) is 11.3 Å². The van der Waals surface area contributed by atoms with E-state index in [-0.39, 0.29) is 11.3 Å². The quantitative estimate of drug-likeness (QED) is 0.339. The molecule has 2 bridgehead atoms. The molecule has 1 unspecified atom stereocenters. The van der Waals surface area contributed by atoms with E-state index in [1.807, 2.05) is 54.4 Å². The lowest BCUT2D eigenvalue weighted by molar-refractivity contribution is 0.0765. The number of hydrogen-bond donors (Lipinski definition) is 1. The SMILES string of the molecule is CCN1C[C@@H]2C[C@H]1CN2c1nc(C)cc(Nc2cc3nc(-c4cccc(C(=O)N5CCC6(CCOC6)C5)c4)sc3cn2)n1. The highest BCUT2D eigenvalue weighted by atomic mass is 32.1. The first kappa shape index (κ1) is 26.9. The molecular formula is C32H36N8O2S. The summed E-state index contributed by atoms with van der Waals surface area (Å²) in [6.07, 6.45) is 5.10. The highest BCUT2D eigenvalue weighted by Crippen LogP contribution is 2.39. The van der Waals surface area contributed by atoms with Crippen LogP contribution in [0.5, 0.6) is 0 Å². The van der Waals surface area contributed by atoms with Crippen LogP contribution < -0.4 is 10.2 Å². The Balaban J connectivity index is 0.997. The van der Waals surface area contributed by atoms with Crippen molar-refractivity contribution in [3.05, 3.63) is 53.9 Å². The highest BCUT2D eigenvalue weighted by molar-refractivity contribution is 7.21. The van der Waals surface area contributed by atoms with Crippen molar-refractivity contribution in [3.63, 3.8) is 0 Å². The number of rotatable bonds is 6. The summed E-state index contributed by atoms with van der Waals surface area (Å²) in [6.45, 7) is 10.5. The molecule has 0 saturated carbocycles. The molecule has 4 aliphatic heterocycles. The molecule has 4 fully saturated rings.